The van der Waals surface area contributed by atoms with Gasteiger partial charge in [-0.2, -0.15) is 0 Å². The Labute approximate surface area is 190 Å². The molecule has 7 nitrogen and oxygen atoms in total. The summed E-state index contributed by atoms with van der Waals surface area (Å²) in [5.41, 5.74) is 1.47. The minimum Gasteiger partial charge on any atom is -0.497 e. The van der Waals surface area contributed by atoms with Crippen molar-refractivity contribution in [3.63, 3.8) is 0 Å². The van der Waals surface area contributed by atoms with Crippen molar-refractivity contribution in [2.45, 2.75) is 13.5 Å². The Balaban J connectivity index is 1.54. The largest absolute Gasteiger partial charge is 0.497 e. The number of benzene rings is 3. The number of aryl methyl sites for hydroxylation is 1. The van der Waals surface area contributed by atoms with E-state index in [4.69, 9.17) is 23.4 Å². The first-order valence-electron chi connectivity index (χ1n) is 10.2. The normalized spacial score (nSPS) is 10.6. The molecular weight excluding hydrogens is 424 g/mol. The molecule has 0 spiro atoms. The van der Waals surface area contributed by atoms with Crippen LogP contribution in [0.15, 0.2) is 75.9 Å². The summed E-state index contributed by atoms with van der Waals surface area (Å²) in [5.74, 6) is 1.72. The maximum Gasteiger partial charge on any atom is 0.337 e. The molecule has 0 aliphatic heterocycles. The van der Waals surface area contributed by atoms with Crippen LogP contribution in [0.5, 0.6) is 23.0 Å². The molecule has 33 heavy (non-hydrogen) atoms. The lowest BCUT2D eigenvalue weighted by Crippen LogP contribution is -2.07. The second-order valence-corrected chi connectivity index (χ2v) is 7.23. The summed E-state index contributed by atoms with van der Waals surface area (Å²) in [7, 11) is 2.90. The zero-order valence-electron chi connectivity index (χ0n) is 18.4. The fourth-order valence-electron chi connectivity index (χ4n) is 3.28. The minimum atomic E-state index is -0.392. The molecule has 168 valence electrons. The molecule has 4 aromatic rings. The zero-order chi connectivity index (χ0) is 23.4. The lowest BCUT2D eigenvalue weighted by atomic mass is 10.1. The number of carbonyl (C=O) groups excluding carboxylic acids is 1. The number of methoxy groups -OCH3 is 2. The first-order valence-corrected chi connectivity index (χ1v) is 10.2. The van der Waals surface area contributed by atoms with Gasteiger partial charge in [0.2, 0.25) is 11.2 Å². The van der Waals surface area contributed by atoms with Gasteiger partial charge in [-0.3, -0.25) is 4.79 Å². The van der Waals surface area contributed by atoms with Crippen LogP contribution in [-0.2, 0) is 11.3 Å². The second-order valence-electron chi connectivity index (χ2n) is 7.23. The number of fused-ring (bicyclic) bond motifs is 1. The Hall–Kier alpha value is -4.26. The van der Waals surface area contributed by atoms with Crippen LogP contribution in [0.1, 0.15) is 21.7 Å². The number of hydrogen-bond donors (Lipinski definition) is 0. The Morgan fingerprint density at radius 3 is 2.39 bits per heavy atom. The minimum absolute atomic E-state index is 0.120. The van der Waals surface area contributed by atoms with E-state index in [9.17, 15) is 9.59 Å². The van der Waals surface area contributed by atoms with E-state index < -0.39 is 5.97 Å². The molecule has 0 amide bonds. The summed E-state index contributed by atoms with van der Waals surface area (Å²) >= 11 is 0. The highest BCUT2D eigenvalue weighted by Crippen LogP contribution is 2.29. The number of ether oxygens (including phenoxy) is 4. The molecule has 0 saturated heterocycles. The quantitative estimate of drug-likeness (QED) is 0.358. The van der Waals surface area contributed by atoms with Crippen LogP contribution in [0.4, 0.5) is 0 Å². The monoisotopic (exact) mass is 446 g/mol. The van der Waals surface area contributed by atoms with E-state index >= 15 is 0 Å². The predicted octanol–water partition coefficient (Wildman–Crippen LogP) is 5.27. The van der Waals surface area contributed by atoms with E-state index in [2.05, 4.69) is 0 Å². The third kappa shape index (κ3) is 4.82. The fourth-order valence-corrected chi connectivity index (χ4v) is 3.28. The van der Waals surface area contributed by atoms with Crippen molar-refractivity contribution in [1.82, 2.24) is 0 Å². The van der Waals surface area contributed by atoms with Crippen LogP contribution < -0.4 is 19.6 Å². The van der Waals surface area contributed by atoms with E-state index in [1.807, 2.05) is 0 Å². The second kappa shape index (κ2) is 9.48. The molecule has 7 heteroatoms. The number of rotatable bonds is 7. The molecule has 0 saturated carbocycles. The maximum absolute atomic E-state index is 13.0. The summed E-state index contributed by atoms with van der Waals surface area (Å²) < 4.78 is 27.4. The molecule has 0 aliphatic rings. The topological polar surface area (TPSA) is 84.2 Å². The Kier molecular flexibility index (Phi) is 6.31. The molecule has 4 rings (SSSR count). The fraction of sp³-hybridized carbons (Fsp3) is 0.154. The number of hydrogen-bond acceptors (Lipinski definition) is 7. The van der Waals surface area contributed by atoms with Gasteiger partial charge in [0.1, 0.15) is 35.2 Å². The summed E-state index contributed by atoms with van der Waals surface area (Å²) in [6, 6.07) is 18.9. The van der Waals surface area contributed by atoms with E-state index in [1.165, 1.54) is 7.11 Å². The molecule has 0 radical (unpaired) electrons. The van der Waals surface area contributed by atoms with Crippen molar-refractivity contribution < 1.29 is 28.2 Å². The number of carbonyl (C=O) groups is 1. The van der Waals surface area contributed by atoms with Crippen LogP contribution >= 0.6 is 0 Å². The Morgan fingerprint density at radius 1 is 0.909 bits per heavy atom. The molecule has 0 aliphatic carbocycles. The number of esters is 1. The van der Waals surface area contributed by atoms with E-state index in [-0.39, 0.29) is 17.8 Å². The summed E-state index contributed by atoms with van der Waals surface area (Å²) in [6.45, 7) is 1.96. The van der Waals surface area contributed by atoms with Crippen LogP contribution in [0, 0.1) is 6.92 Å². The average molecular weight is 446 g/mol. The van der Waals surface area contributed by atoms with Gasteiger partial charge in [-0.25, -0.2) is 4.79 Å². The SMILES string of the molecule is COC(=O)c1ccc(COc2ccc3c(=O)c(Oc4cccc(OC)c4)c(C)oc3c2)cc1. The lowest BCUT2D eigenvalue weighted by molar-refractivity contribution is 0.0600. The predicted molar refractivity (Wildman–Crippen MR) is 122 cm³/mol. The van der Waals surface area contributed by atoms with Gasteiger partial charge in [-0.1, -0.05) is 18.2 Å². The highest BCUT2D eigenvalue weighted by atomic mass is 16.5. The summed E-state index contributed by atoms with van der Waals surface area (Å²) in [4.78, 5) is 24.6. The van der Waals surface area contributed by atoms with Crippen molar-refractivity contribution in [2.75, 3.05) is 14.2 Å². The van der Waals surface area contributed by atoms with Crippen LogP contribution in [0.3, 0.4) is 0 Å². The first kappa shape index (κ1) is 22.0. The van der Waals surface area contributed by atoms with Gasteiger partial charge < -0.3 is 23.4 Å². The standard InChI is InChI=1S/C26H22O7/c1-16-25(33-21-6-4-5-19(13-21)29-2)24(27)22-12-11-20(14-23(22)32-16)31-15-17-7-9-18(10-8-17)26(28)30-3/h4-14H,15H2,1-3H3. The van der Waals surface area contributed by atoms with Gasteiger partial charge in [-0.15, -0.1) is 0 Å². The summed E-state index contributed by atoms with van der Waals surface area (Å²) in [6.07, 6.45) is 0. The Morgan fingerprint density at radius 2 is 1.67 bits per heavy atom. The van der Waals surface area contributed by atoms with E-state index in [0.29, 0.717) is 39.5 Å². The van der Waals surface area contributed by atoms with Crippen LogP contribution in [-0.4, -0.2) is 20.2 Å². The van der Waals surface area contributed by atoms with Gasteiger partial charge >= 0.3 is 5.97 Å². The molecule has 0 fully saturated rings. The van der Waals surface area contributed by atoms with E-state index in [0.717, 1.165) is 5.56 Å². The molecule has 3 aromatic carbocycles. The van der Waals surface area contributed by atoms with Gasteiger partial charge in [0, 0.05) is 12.1 Å². The van der Waals surface area contributed by atoms with Crippen molar-refractivity contribution in [3.05, 3.63) is 93.8 Å². The molecule has 1 heterocycles. The molecule has 0 atom stereocenters. The van der Waals surface area contributed by atoms with Crippen LogP contribution in [0.2, 0.25) is 0 Å². The molecular formula is C26H22O7. The highest BCUT2D eigenvalue weighted by Gasteiger charge is 2.15. The third-order valence-corrected chi connectivity index (χ3v) is 5.03. The molecule has 0 unspecified atom stereocenters. The third-order valence-electron chi connectivity index (χ3n) is 5.03. The molecule has 0 N–H and O–H groups in total. The van der Waals surface area contributed by atoms with Crippen molar-refractivity contribution in [1.29, 1.82) is 0 Å². The van der Waals surface area contributed by atoms with Crippen LogP contribution in [0.25, 0.3) is 11.0 Å². The van der Waals surface area contributed by atoms with Crippen molar-refractivity contribution >= 4 is 16.9 Å². The zero-order valence-corrected chi connectivity index (χ0v) is 18.4. The first-order chi connectivity index (χ1) is 16.0. The van der Waals surface area contributed by atoms with Crippen molar-refractivity contribution in [2.24, 2.45) is 0 Å². The van der Waals surface area contributed by atoms with Gasteiger partial charge in [0.25, 0.3) is 0 Å². The Bertz CT molecular complexity index is 1350. The van der Waals surface area contributed by atoms with Gasteiger partial charge in [0.15, 0.2) is 0 Å². The lowest BCUT2D eigenvalue weighted by Gasteiger charge is -2.11. The van der Waals surface area contributed by atoms with Gasteiger partial charge in [0.05, 0.1) is 25.2 Å². The molecule has 0 bridgehead atoms. The molecule has 1 aromatic heterocycles. The maximum atomic E-state index is 13.0. The smallest absolute Gasteiger partial charge is 0.337 e. The van der Waals surface area contributed by atoms with Gasteiger partial charge in [-0.05, 0) is 48.9 Å². The highest BCUT2D eigenvalue weighted by molar-refractivity contribution is 5.89. The average Bonchev–Trinajstić information content (AvgIpc) is 2.85. The summed E-state index contributed by atoms with van der Waals surface area (Å²) in [5, 5.41) is 0.383. The van der Waals surface area contributed by atoms with Crippen molar-refractivity contribution in [3.8, 4) is 23.0 Å². The van der Waals surface area contributed by atoms with E-state index in [1.54, 1.807) is 80.8 Å².